The predicted octanol–water partition coefficient (Wildman–Crippen LogP) is 3.57. The third-order valence-corrected chi connectivity index (χ3v) is 7.51. The van der Waals surface area contributed by atoms with E-state index in [1.807, 2.05) is 12.1 Å². The van der Waals surface area contributed by atoms with Crippen molar-refractivity contribution in [3.8, 4) is 5.75 Å². The van der Waals surface area contributed by atoms with Gasteiger partial charge in [-0.25, -0.2) is 17.7 Å². The van der Waals surface area contributed by atoms with Gasteiger partial charge in [0.25, 0.3) is 5.91 Å². The molecule has 0 unspecified atom stereocenters. The monoisotopic (exact) mass is 469 g/mol. The van der Waals surface area contributed by atoms with E-state index in [-0.39, 0.29) is 10.5 Å². The lowest BCUT2D eigenvalue weighted by atomic mass is 10.2. The summed E-state index contributed by atoms with van der Waals surface area (Å²) >= 11 is 4.54. The average molecular weight is 470 g/mol. The van der Waals surface area contributed by atoms with E-state index < -0.39 is 15.9 Å². The fourth-order valence-electron chi connectivity index (χ4n) is 2.29. The molecule has 1 N–H and O–H groups in total. The topological polar surface area (TPSA) is 88.6 Å². The standard InChI is InChI=1S/C17H16BrN3O4S2/c1-21(2)27(23,24)15-8-10(4-6-12(15)18)16(22)20-17-19-13-7-5-11(25-3)9-14(13)26-17/h4-9H,1-3H3,(H,19,20,22). The Hall–Kier alpha value is -2.01. The Balaban J connectivity index is 1.90. The molecule has 0 bridgehead atoms. The fourth-order valence-corrected chi connectivity index (χ4v) is 5.03. The molecular formula is C17H16BrN3O4S2. The number of anilines is 1. The minimum Gasteiger partial charge on any atom is -0.497 e. The maximum Gasteiger partial charge on any atom is 0.257 e. The van der Waals surface area contributed by atoms with E-state index in [1.165, 1.54) is 37.6 Å². The third kappa shape index (κ3) is 3.98. The summed E-state index contributed by atoms with van der Waals surface area (Å²) in [4.78, 5) is 17.0. The van der Waals surface area contributed by atoms with Crippen molar-refractivity contribution in [1.82, 2.24) is 9.29 Å². The molecule has 1 aromatic heterocycles. The molecule has 10 heteroatoms. The van der Waals surface area contributed by atoms with Crippen molar-refractivity contribution in [2.75, 3.05) is 26.5 Å². The van der Waals surface area contributed by atoms with Crippen LogP contribution in [0.3, 0.4) is 0 Å². The maximum absolute atomic E-state index is 12.6. The second-order valence-corrected chi connectivity index (χ2v) is 9.74. The lowest BCUT2D eigenvalue weighted by Crippen LogP contribution is -2.23. The van der Waals surface area contributed by atoms with Gasteiger partial charge in [0, 0.05) is 24.1 Å². The van der Waals surface area contributed by atoms with Crippen molar-refractivity contribution in [3.05, 3.63) is 46.4 Å². The Bertz CT molecular complexity index is 1130. The van der Waals surface area contributed by atoms with Crippen molar-refractivity contribution in [2.24, 2.45) is 0 Å². The van der Waals surface area contributed by atoms with Crippen LogP contribution in [-0.2, 0) is 10.0 Å². The Labute approximate surface area is 169 Å². The number of nitrogens with zero attached hydrogens (tertiary/aromatic N) is 2. The zero-order valence-corrected chi connectivity index (χ0v) is 17.9. The number of amides is 1. The van der Waals surface area contributed by atoms with Crippen LogP contribution >= 0.6 is 27.3 Å². The van der Waals surface area contributed by atoms with Crippen LogP contribution in [0.15, 0.2) is 45.8 Å². The first kappa shape index (κ1) is 19.7. The molecule has 0 spiro atoms. The molecular weight excluding hydrogens is 454 g/mol. The van der Waals surface area contributed by atoms with Gasteiger partial charge < -0.3 is 4.74 Å². The molecule has 0 radical (unpaired) electrons. The maximum atomic E-state index is 12.6. The first-order chi connectivity index (χ1) is 12.7. The number of sulfonamides is 1. The van der Waals surface area contributed by atoms with Crippen molar-refractivity contribution in [1.29, 1.82) is 0 Å². The van der Waals surface area contributed by atoms with Gasteiger partial charge in [0.1, 0.15) is 5.75 Å². The third-order valence-electron chi connectivity index (χ3n) is 3.77. The number of thiazole rings is 1. The van der Waals surface area contributed by atoms with Gasteiger partial charge in [-0.05, 0) is 52.3 Å². The highest BCUT2D eigenvalue weighted by molar-refractivity contribution is 9.10. The summed E-state index contributed by atoms with van der Waals surface area (Å²) in [6.07, 6.45) is 0. The molecule has 3 aromatic rings. The molecule has 2 aromatic carbocycles. The molecule has 0 aliphatic carbocycles. The van der Waals surface area contributed by atoms with Crippen LogP contribution in [0.2, 0.25) is 0 Å². The van der Waals surface area contributed by atoms with Crippen molar-refractivity contribution < 1.29 is 17.9 Å². The molecule has 1 amide bonds. The summed E-state index contributed by atoms with van der Waals surface area (Å²) in [5, 5.41) is 3.14. The summed E-state index contributed by atoms with van der Waals surface area (Å²) < 4.78 is 32.3. The number of fused-ring (bicyclic) bond motifs is 1. The molecule has 27 heavy (non-hydrogen) atoms. The number of halogens is 1. The van der Waals surface area contributed by atoms with Crippen molar-refractivity contribution in [2.45, 2.75) is 4.90 Å². The molecule has 0 saturated heterocycles. The Morgan fingerprint density at radius 1 is 1.22 bits per heavy atom. The normalized spacial score (nSPS) is 11.7. The number of nitrogens with one attached hydrogen (secondary N) is 1. The molecule has 0 fully saturated rings. The van der Waals surface area contributed by atoms with Crippen molar-refractivity contribution in [3.63, 3.8) is 0 Å². The number of carbonyl (C=O) groups excluding carboxylic acids is 1. The van der Waals surface area contributed by atoms with E-state index >= 15 is 0 Å². The summed E-state index contributed by atoms with van der Waals surface area (Å²) in [5.41, 5.74) is 0.957. The van der Waals surface area contributed by atoms with E-state index in [9.17, 15) is 13.2 Å². The van der Waals surface area contributed by atoms with Crippen molar-refractivity contribution >= 4 is 58.5 Å². The molecule has 7 nitrogen and oxygen atoms in total. The van der Waals surface area contributed by atoms with Crippen LogP contribution < -0.4 is 10.1 Å². The van der Waals surface area contributed by atoms with E-state index in [0.717, 1.165) is 14.5 Å². The summed E-state index contributed by atoms with van der Waals surface area (Å²) in [6, 6.07) is 9.86. The van der Waals surface area contributed by atoms with Gasteiger partial charge in [-0.2, -0.15) is 0 Å². The van der Waals surface area contributed by atoms with Crippen LogP contribution in [0.4, 0.5) is 5.13 Å². The van der Waals surface area contributed by atoms with E-state index in [4.69, 9.17) is 4.74 Å². The van der Waals surface area contributed by atoms with E-state index in [0.29, 0.717) is 15.4 Å². The van der Waals surface area contributed by atoms with Gasteiger partial charge in [-0.3, -0.25) is 10.1 Å². The highest BCUT2D eigenvalue weighted by Crippen LogP contribution is 2.30. The van der Waals surface area contributed by atoms with Gasteiger partial charge in [0.05, 0.1) is 22.2 Å². The lowest BCUT2D eigenvalue weighted by molar-refractivity contribution is 0.102. The highest BCUT2D eigenvalue weighted by atomic mass is 79.9. The zero-order chi connectivity index (χ0) is 19.8. The summed E-state index contributed by atoms with van der Waals surface area (Å²) in [5.74, 6) is 0.263. The number of rotatable bonds is 5. The first-order valence-electron chi connectivity index (χ1n) is 7.70. The van der Waals surface area contributed by atoms with Gasteiger partial charge in [-0.1, -0.05) is 11.3 Å². The molecule has 3 rings (SSSR count). The first-order valence-corrected chi connectivity index (χ1v) is 10.8. The smallest absolute Gasteiger partial charge is 0.257 e. The zero-order valence-electron chi connectivity index (χ0n) is 14.7. The Morgan fingerprint density at radius 3 is 2.63 bits per heavy atom. The van der Waals surface area contributed by atoms with E-state index in [2.05, 4.69) is 26.2 Å². The van der Waals surface area contributed by atoms with Crippen LogP contribution in [0.5, 0.6) is 5.75 Å². The molecule has 0 aliphatic rings. The second-order valence-electron chi connectivity index (χ2n) is 5.74. The number of aromatic nitrogens is 1. The largest absolute Gasteiger partial charge is 0.497 e. The number of methoxy groups -OCH3 is 1. The van der Waals surface area contributed by atoms with Gasteiger partial charge in [0.2, 0.25) is 10.0 Å². The summed E-state index contributed by atoms with van der Waals surface area (Å²) in [6.45, 7) is 0. The molecule has 1 heterocycles. The quantitative estimate of drug-likeness (QED) is 0.616. The molecule has 0 saturated carbocycles. The second kappa shape index (κ2) is 7.55. The lowest BCUT2D eigenvalue weighted by Gasteiger charge is -2.13. The number of hydrogen-bond donors (Lipinski definition) is 1. The van der Waals surface area contributed by atoms with Crippen LogP contribution in [-0.4, -0.2) is 44.8 Å². The number of benzene rings is 2. The Kier molecular flexibility index (Phi) is 5.52. The van der Waals surface area contributed by atoms with E-state index in [1.54, 1.807) is 19.2 Å². The number of hydrogen-bond acceptors (Lipinski definition) is 6. The van der Waals surface area contributed by atoms with Gasteiger partial charge >= 0.3 is 0 Å². The van der Waals surface area contributed by atoms with Crippen LogP contribution in [0, 0.1) is 0 Å². The molecule has 142 valence electrons. The number of ether oxygens (including phenoxy) is 1. The van der Waals surface area contributed by atoms with Crippen LogP contribution in [0.25, 0.3) is 10.2 Å². The average Bonchev–Trinajstić information content (AvgIpc) is 3.02. The predicted molar refractivity (Wildman–Crippen MR) is 109 cm³/mol. The minimum atomic E-state index is -3.69. The number of carbonyl (C=O) groups is 1. The Morgan fingerprint density at radius 2 is 1.96 bits per heavy atom. The minimum absolute atomic E-state index is 0.0224. The molecule has 0 atom stereocenters. The van der Waals surface area contributed by atoms with Crippen LogP contribution in [0.1, 0.15) is 10.4 Å². The fraction of sp³-hybridized carbons (Fsp3) is 0.176. The van der Waals surface area contributed by atoms with Gasteiger partial charge in [-0.15, -0.1) is 0 Å². The summed E-state index contributed by atoms with van der Waals surface area (Å²) in [7, 11) is 0.765. The SMILES string of the molecule is COc1ccc2nc(NC(=O)c3ccc(Br)c(S(=O)(=O)N(C)C)c3)sc2c1. The molecule has 0 aliphatic heterocycles. The highest BCUT2D eigenvalue weighted by Gasteiger charge is 2.22. The van der Waals surface area contributed by atoms with Gasteiger partial charge in [0.15, 0.2) is 5.13 Å².